The Labute approximate surface area is 185 Å². The zero-order valence-corrected chi connectivity index (χ0v) is 17.7. The van der Waals surface area contributed by atoms with Gasteiger partial charge in [0.2, 0.25) is 5.91 Å². The maximum Gasteiger partial charge on any atom is 0.573 e. The van der Waals surface area contributed by atoms with E-state index in [1.54, 1.807) is 11.8 Å². The normalized spacial score (nSPS) is 11.3. The standard InChI is InChI=1S/C22H16ClF4NO2S/c1-31-16-6-2-13(3-7-16)10-21(29)28-15-5-9-17(19(24)12-15)18-8-4-14(23)11-20(18)30-22(25,26)27/h2-9,11-12H,10H2,1H3,(H,28,29). The van der Waals surface area contributed by atoms with Crippen LogP contribution >= 0.6 is 23.4 Å². The van der Waals surface area contributed by atoms with E-state index in [4.69, 9.17) is 11.6 Å². The molecule has 0 aliphatic carbocycles. The first-order valence-electron chi connectivity index (χ1n) is 8.92. The van der Waals surface area contributed by atoms with Crippen molar-refractivity contribution >= 4 is 35.0 Å². The van der Waals surface area contributed by atoms with E-state index in [0.29, 0.717) is 0 Å². The zero-order chi connectivity index (χ0) is 22.6. The topological polar surface area (TPSA) is 38.3 Å². The number of carbonyl (C=O) groups excluding carboxylic acids is 1. The molecule has 1 N–H and O–H groups in total. The van der Waals surface area contributed by atoms with Crippen molar-refractivity contribution in [2.45, 2.75) is 17.7 Å². The molecule has 162 valence electrons. The largest absolute Gasteiger partial charge is 0.573 e. The van der Waals surface area contributed by atoms with Gasteiger partial charge in [-0.2, -0.15) is 0 Å². The third-order valence-corrected chi connectivity index (χ3v) is 5.21. The molecule has 0 saturated carbocycles. The molecule has 3 nitrogen and oxygen atoms in total. The van der Waals surface area contributed by atoms with Crippen LogP contribution < -0.4 is 10.1 Å². The van der Waals surface area contributed by atoms with Gasteiger partial charge in [-0.05, 0) is 60.4 Å². The van der Waals surface area contributed by atoms with Crippen molar-refractivity contribution in [2.24, 2.45) is 0 Å². The van der Waals surface area contributed by atoms with Crippen LogP contribution in [0.2, 0.25) is 5.02 Å². The van der Waals surface area contributed by atoms with Gasteiger partial charge in [-0.1, -0.05) is 23.7 Å². The van der Waals surface area contributed by atoms with Crippen LogP contribution in [0.4, 0.5) is 23.2 Å². The molecule has 0 radical (unpaired) electrons. The molecule has 0 spiro atoms. The average Bonchev–Trinajstić information content (AvgIpc) is 2.68. The molecule has 3 rings (SSSR count). The lowest BCUT2D eigenvalue weighted by Gasteiger charge is -2.15. The number of benzene rings is 3. The van der Waals surface area contributed by atoms with Crippen LogP contribution in [0, 0.1) is 5.82 Å². The molecule has 0 aliphatic rings. The molecular formula is C22H16ClF4NO2S. The minimum Gasteiger partial charge on any atom is -0.405 e. The van der Waals surface area contributed by atoms with Crippen molar-refractivity contribution < 1.29 is 27.1 Å². The second-order valence-electron chi connectivity index (χ2n) is 6.46. The number of anilines is 1. The Kier molecular flexibility index (Phi) is 7.12. The number of hydrogen-bond acceptors (Lipinski definition) is 3. The van der Waals surface area contributed by atoms with Gasteiger partial charge in [0.1, 0.15) is 11.6 Å². The van der Waals surface area contributed by atoms with Gasteiger partial charge in [-0.3, -0.25) is 4.79 Å². The Morgan fingerprint density at radius 2 is 1.71 bits per heavy atom. The fourth-order valence-corrected chi connectivity index (χ4v) is 3.44. The fraction of sp³-hybridized carbons (Fsp3) is 0.136. The van der Waals surface area contributed by atoms with Crippen LogP contribution in [0.5, 0.6) is 5.75 Å². The summed E-state index contributed by atoms with van der Waals surface area (Å²) in [7, 11) is 0. The Hall–Kier alpha value is -2.71. The van der Waals surface area contributed by atoms with Crippen LogP contribution in [0.25, 0.3) is 11.1 Å². The van der Waals surface area contributed by atoms with E-state index in [-0.39, 0.29) is 34.2 Å². The lowest BCUT2D eigenvalue weighted by molar-refractivity contribution is -0.274. The fourth-order valence-electron chi connectivity index (χ4n) is 2.87. The summed E-state index contributed by atoms with van der Waals surface area (Å²) in [6, 6.07) is 14.7. The highest BCUT2D eigenvalue weighted by atomic mass is 35.5. The van der Waals surface area contributed by atoms with Crippen molar-refractivity contribution in [1.29, 1.82) is 0 Å². The van der Waals surface area contributed by atoms with Crippen molar-refractivity contribution in [2.75, 3.05) is 11.6 Å². The average molecular weight is 470 g/mol. The molecule has 0 heterocycles. The van der Waals surface area contributed by atoms with E-state index in [1.165, 1.54) is 24.3 Å². The quantitative estimate of drug-likeness (QED) is 0.313. The van der Waals surface area contributed by atoms with Crippen LogP contribution in [0.3, 0.4) is 0 Å². The third-order valence-electron chi connectivity index (χ3n) is 4.24. The molecule has 31 heavy (non-hydrogen) atoms. The molecule has 0 atom stereocenters. The SMILES string of the molecule is CSc1ccc(CC(=O)Nc2ccc(-c3ccc(Cl)cc3OC(F)(F)F)c(F)c2)cc1. The van der Waals surface area contributed by atoms with E-state index in [1.807, 2.05) is 30.5 Å². The summed E-state index contributed by atoms with van der Waals surface area (Å²) in [4.78, 5) is 13.3. The first kappa shape index (κ1) is 23.0. The molecule has 0 saturated heterocycles. The Morgan fingerprint density at radius 3 is 2.32 bits per heavy atom. The molecule has 3 aromatic carbocycles. The number of ether oxygens (including phenoxy) is 1. The van der Waals surface area contributed by atoms with Crippen molar-refractivity contribution in [3.05, 3.63) is 77.1 Å². The zero-order valence-electron chi connectivity index (χ0n) is 16.1. The van der Waals surface area contributed by atoms with Crippen molar-refractivity contribution in [3.63, 3.8) is 0 Å². The summed E-state index contributed by atoms with van der Waals surface area (Å²) >= 11 is 7.33. The molecule has 1 amide bonds. The number of alkyl halides is 3. The third kappa shape index (κ3) is 6.38. The Morgan fingerprint density at radius 1 is 1.03 bits per heavy atom. The van der Waals surface area contributed by atoms with Crippen LogP contribution in [0.15, 0.2) is 65.6 Å². The molecule has 0 fully saturated rings. The molecule has 0 aliphatic heterocycles. The Bertz CT molecular complexity index is 1090. The van der Waals surface area contributed by atoms with Crippen LogP contribution in [-0.4, -0.2) is 18.5 Å². The lowest BCUT2D eigenvalue weighted by atomic mass is 10.0. The van der Waals surface area contributed by atoms with Crippen molar-refractivity contribution in [1.82, 2.24) is 0 Å². The second kappa shape index (κ2) is 9.62. The van der Waals surface area contributed by atoms with Gasteiger partial charge >= 0.3 is 6.36 Å². The summed E-state index contributed by atoms with van der Waals surface area (Å²) in [5, 5.41) is 2.60. The van der Waals surface area contributed by atoms with Gasteiger partial charge < -0.3 is 10.1 Å². The van der Waals surface area contributed by atoms with E-state index in [9.17, 15) is 22.4 Å². The number of nitrogens with one attached hydrogen (secondary N) is 1. The maximum absolute atomic E-state index is 14.7. The maximum atomic E-state index is 14.7. The predicted molar refractivity (Wildman–Crippen MR) is 114 cm³/mol. The van der Waals surface area contributed by atoms with Gasteiger partial charge in [0, 0.05) is 26.7 Å². The minimum absolute atomic E-state index is 0.0119. The van der Waals surface area contributed by atoms with Crippen molar-refractivity contribution in [3.8, 4) is 16.9 Å². The Balaban J connectivity index is 1.78. The molecule has 0 aromatic heterocycles. The molecular weight excluding hydrogens is 454 g/mol. The predicted octanol–water partition coefficient (Wildman–Crippen LogP) is 6.95. The minimum atomic E-state index is -4.96. The number of rotatable bonds is 6. The number of halogens is 5. The first-order valence-corrected chi connectivity index (χ1v) is 10.5. The second-order valence-corrected chi connectivity index (χ2v) is 7.77. The van der Waals surface area contributed by atoms with Gasteiger partial charge in [0.05, 0.1) is 6.42 Å². The smallest absolute Gasteiger partial charge is 0.405 e. The monoisotopic (exact) mass is 469 g/mol. The van der Waals surface area contributed by atoms with E-state index in [0.717, 1.165) is 22.6 Å². The number of hydrogen-bond donors (Lipinski definition) is 1. The molecule has 3 aromatic rings. The number of carbonyl (C=O) groups is 1. The highest BCUT2D eigenvalue weighted by Crippen LogP contribution is 2.37. The summed E-state index contributed by atoms with van der Waals surface area (Å²) in [6.45, 7) is 0. The van der Waals surface area contributed by atoms with Gasteiger partial charge in [0.15, 0.2) is 0 Å². The molecule has 0 unspecified atom stereocenters. The summed E-state index contributed by atoms with van der Waals surface area (Å²) in [5.74, 6) is -1.79. The number of amides is 1. The number of thioether (sulfide) groups is 1. The van der Waals surface area contributed by atoms with E-state index >= 15 is 0 Å². The van der Waals surface area contributed by atoms with Gasteiger partial charge in [-0.25, -0.2) is 4.39 Å². The highest BCUT2D eigenvalue weighted by molar-refractivity contribution is 7.98. The molecule has 0 bridgehead atoms. The lowest BCUT2D eigenvalue weighted by Crippen LogP contribution is -2.17. The van der Waals surface area contributed by atoms with Crippen LogP contribution in [0.1, 0.15) is 5.56 Å². The first-order chi connectivity index (χ1) is 14.6. The summed E-state index contributed by atoms with van der Waals surface area (Å²) in [5.41, 5.74) is 0.731. The van der Waals surface area contributed by atoms with Gasteiger partial charge in [0.25, 0.3) is 0 Å². The van der Waals surface area contributed by atoms with Gasteiger partial charge in [-0.15, -0.1) is 24.9 Å². The van der Waals surface area contributed by atoms with Crippen LogP contribution in [-0.2, 0) is 11.2 Å². The summed E-state index contributed by atoms with van der Waals surface area (Å²) < 4.78 is 56.7. The van der Waals surface area contributed by atoms with E-state index in [2.05, 4.69) is 10.1 Å². The highest BCUT2D eigenvalue weighted by Gasteiger charge is 2.32. The summed E-state index contributed by atoms with van der Waals surface area (Å²) in [6.07, 6.45) is -2.92. The molecule has 9 heteroatoms. The van der Waals surface area contributed by atoms with E-state index < -0.39 is 17.9 Å².